The summed E-state index contributed by atoms with van der Waals surface area (Å²) in [5, 5.41) is 4.44. The molecule has 0 atom stereocenters. The number of carbonyl (C=O) groups is 1. The predicted molar refractivity (Wildman–Crippen MR) is 113 cm³/mol. The van der Waals surface area contributed by atoms with Gasteiger partial charge in [-0.3, -0.25) is 4.79 Å². The van der Waals surface area contributed by atoms with Gasteiger partial charge in [0.1, 0.15) is 12.1 Å². The number of aryl methyl sites for hydroxylation is 1. The predicted octanol–water partition coefficient (Wildman–Crippen LogP) is 2.64. The number of hydrogen-bond acceptors (Lipinski definition) is 5. The van der Waals surface area contributed by atoms with Crippen LogP contribution in [0.25, 0.3) is 5.78 Å². The largest absolute Gasteiger partial charge is 0.353 e. The highest BCUT2D eigenvalue weighted by Gasteiger charge is 2.25. The van der Waals surface area contributed by atoms with Gasteiger partial charge in [0.2, 0.25) is 5.91 Å². The number of piperazine rings is 1. The summed E-state index contributed by atoms with van der Waals surface area (Å²) in [7, 11) is 0. The molecule has 1 fully saturated rings. The zero-order valence-electron chi connectivity index (χ0n) is 17.2. The second-order valence-electron chi connectivity index (χ2n) is 7.67. The molecule has 0 aliphatic carbocycles. The van der Waals surface area contributed by atoms with Crippen molar-refractivity contribution >= 4 is 17.5 Å². The summed E-state index contributed by atoms with van der Waals surface area (Å²) >= 11 is 0. The molecule has 0 radical (unpaired) electrons. The van der Waals surface area contributed by atoms with Crippen molar-refractivity contribution in [3.8, 4) is 0 Å². The van der Waals surface area contributed by atoms with E-state index in [-0.39, 0.29) is 5.91 Å². The zero-order valence-corrected chi connectivity index (χ0v) is 17.2. The maximum absolute atomic E-state index is 12.4. The van der Waals surface area contributed by atoms with Crippen LogP contribution in [0.3, 0.4) is 0 Å². The monoisotopic (exact) mass is 390 g/mol. The fraction of sp³-hybridized carbons (Fsp3) is 0.364. The Balaban J connectivity index is 1.66. The lowest BCUT2D eigenvalue weighted by molar-refractivity contribution is -0.126. The van der Waals surface area contributed by atoms with Gasteiger partial charge >= 0.3 is 0 Å². The molecule has 29 heavy (non-hydrogen) atoms. The Morgan fingerprint density at radius 3 is 2.52 bits per heavy atom. The summed E-state index contributed by atoms with van der Waals surface area (Å²) in [4.78, 5) is 25.5. The first-order chi connectivity index (χ1) is 14.0. The molecule has 3 aromatic rings. The maximum atomic E-state index is 12.4. The van der Waals surface area contributed by atoms with Crippen molar-refractivity contribution in [2.24, 2.45) is 0 Å². The van der Waals surface area contributed by atoms with E-state index in [1.165, 1.54) is 5.56 Å². The molecule has 1 aliphatic heterocycles. The number of carbonyl (C=O) groups excluding carboxylic acids is 1. The minimum atomic E-state index is 0.0889. The first kappa shape index (κ1) is 19.1. The highest BCUT2D eigenvalue weighted by atomic mass is 16.2. The second-order valence-corrected chi connectivity index (χ2v) is 7.67. The topological polar surface area (TPSA) is 66.6 Å². The molecule has 4 rings (SSSR count). The Labute approximate surface area is 170 Å². The van der Waals surface area contributed by atoms with Crippen LogP contribution in [0.4, 0.5) is 5.82 Å². The van der Waals surface area contributed by atoms with Crippen LogP contribution in [0.1, 0.15) is 30.7 Å². The molecule has 0 spiro atoms. The highest BCUT2D eigenvalue weighted by molar-refractivity contribution is 5.88. The molecular formula is C22H26N6O. The van der Waals surface area contributed by atoms with Crippen molar-refractivity contribution in [1.29, 1.82) is 0 Å². The van der Waals surface area contributed by atoms with Crippen molar-refractivity contribution in [1.82, 2.24) is 24.5 Å². The Morgan fingerprint density at radius 1 is 1.10 bits per heavy atom. The molecule has 2 aromatic heterocycles. The normalized spacial score (nSPS) is 14.3. The van der Waals surface area contributed by atoms with Gasteiger partial charge in [-0.15, -0.1) is 0 Å². The number of benzene rings is 1. The number of hydrogen-bond donors (Lipinski definition) is 0. The number of nitrogens with zero attached hydrogens (tertiary/aromatic N) is 6. The van der Waals surface area contributed by atoms with E-state index in [4.69, 9.17) is 0 Å². The third kappa shape index (κ3) is 3.99. The molecule has 1 aromatic carbocycles. The summed E-state index contributed by atoms with van der Waals surface area (Å²) in [5.41, 5.74) is 4.37. The lowest BCUT2D eigenvalue weighted by Crippen LogP contribution is -2.49. The van der Waals surface area contributed by atoms with Crippen LogP contribution in [0.15, 0.2) is 48.3 Å². The fourth-order valence-corrected chi connectivity index (χ4v) is 3.78. The molecule has 7 heteroatoms. The van der Waals surface area contributed by atoms with Gasteiger partial charge in [0.05, 0.1) is 0 Å². The maximum Gasteiger partial charge on any atom is 0.254 e. The SMILES string of the molecule is CC(C)=CC(=O)N1CCN(c2c(Cc3ccccc3)c(C)nc3ncnn23)CC1. The van der Waals surface area contributed by atoms with Gasteiger partial charge in [0.15, 0.2) is 0 Å². The molecule has 1 saturated heterocycles. The van der Waals surface area contributed by atoms with Gasteiger partial charge in [0.25, 0.3) is 5.78 Å². The van der Waals surface area contributed by atoms with Crippen molar-refractivity contribution in [3.63, 3.8) is 0 Å². The fourth-order valence-electron chi connectivity index (χ4n) is 3.78. The molecule has 150 valence electrons. The van der Waals surface area contributed by atoms with Crippen LogP contribution in [0.5, 0.6) is 0 Å². The summed E-state index contributed by atoms with van der Waals surface area (Å²) < 4.78 is 1.83. The first-order valence-corrected chi connectivity index (χ1v) is 9.95. The first-order valence-electron chi connectivity index (χ1n) is 9.95. The van der Waals surface area contributed by atoms with Gasteiger partial charge in [0, 0.05) is 49.9 Å². The molecular weight excluding hydrogens is 364 g/mol. The number of rotatable bonds is 4. The van der Waals surface area contributed by atoms with Gasteiger partial charge in [-0.25, -0.2) is 4.98 Å². The van der Waals surface area contributed by atoms with Crippen molar-refractivity contribution in [2.75, 3.05) is 31.1 Å². The Bertz CT molecular complexity index is 1040. The van der Waals surface area contributed by atoms with Crippen molar-refractivity contribution in [3.05, 3.63) is 65.1 Å². The number of fused-ring (bicyclic) bond motifs is 1. The minimum Gasteiger partial charge on any atom is -0.353 e. The summed E-state index contributed by atoms with van der Waals surface area (Å²) in [5.74, 6) is 1.73. The van der Waals surface area contributed by atoms with E-state index >= 15 is 0 Å². The van der Waals surface area contributed by atoms with Crippen LogP contribution in [0, 0.1) is 6.92 Å². The molecule has 0 N–H and O–H groups in total. The molecule has 0 unspecified atom stereocenters. The lowest BCUT2D eigenvalue weighted by Gasteiger charge is -2.36. The quantitative estimate of drug-likeness (QED) is 0.641. The van der Waals surface area contributed by atoms with E-state index in [0.717, 1.165) is 42.2 Å². The van der Waals surface area contributed by atoms with E-state index in [1.54, 1.807) is 12.4 Å². The minimum absolute atomic E-state index is 0.0889. The summed E-state index contributed by atoms with van der Waals surface area (Å²) in [6, 6.07) is 10.4. The van der Waals surface area contributed by atoms with E-state index in [0.29, 0.717) is 18.9 Å². The smallest absolute Gasteiger partial charge is 0.254 e. The average molecular weight is 390 g/mol. The van der Waals surface area contributed by atoms with Crippen LogP contribution < -0.4 is 4.90 Å². The standard InChI is InChI=1S/C22H26N6O/c1-16(2)13-20(29)26-9-11-27(12-10-26)21-19(14-18-7-5-4-6-8-18)17(3)25-22-23-15-24-28(21)22/h4-8,13,15H,9-12,14H2,1-3H3. The van der Waals surface area contributed by atoms with Crippen LogP contribution in [0.2, 0.25) is 0 Å². The van der Waals surface area contributed by atoms with E-state index in [1.807, 2.05) is 36.3 Å². The van der Waals surface area contributed by atoms with Crippen LogP contribution >= 0.6 is 0 Å². The van der Waals surface area contributed by atoms with Crippen molar-refractivity contribution < 1.29 is 4.79 Å². The third-order valence-electron chi connectivity index (χ3n) is 5.23. The molecule has 0 saturated carbocycles. The Hall–Kier alpha value is -3.22. The molecule has 0 bridgehead atoms. The second kappa shape index (κ2) is 8.03. The molecule has 3 heterocycles. The third-order valence-corrected chi connectivity index (χ3v) is 5.23. The summed E-state index contributed by atoms with van der Waals surface area (Å²) in [6.07, 6.45) is 4.04. The number of aromatic nitrogens is 4. The number of allylic oxidation sites excluding steroid dienone is 1. The summed E-state index contributed by atoms with van der Waals surface area (Å²) in [6.45, 7) is 8.81. The lowest BCUT2D eigenvalue weighted by atomic mass is 10.0. The van der Waals surface area contributed by atoms with Gasteiger partial charge in [-0.2, -0.15) is 14.6 Å². The number of anilines is 1. The van der Waals surface area contributed by atoms with Crippen LogP contribution in [-0.4, -0.2) is 56.6 Å². The zero-order chi connectivity index (χ0) is 20.4. The Morgan fingerprint density at radius 2 is 1.83 bits per heavy atom. The average Bonchev–Trinajstić information content (AvgIpc) is 3.17. The van der Waals surface area contributed by atoms with Crippen LogP contribution in [-0.2, 0) is 11.2 Å². The molecule has 1 aliphatic rings. The molecule has 7 nitrogen and oxygen atoms in total. The van der Waals surface area contributed by atoms with Gasteiger partial charge < -0.3 is 9.80 Å². The van der Waals surface area contributed by atoms with Crippen molar-refractivity contribution in [2.45, 2.75) is 27.2 Å². The van der Waals surface area contributed by atoms with E-state index in [2.05, 4.69) is 44.2 Å². The number of amides is 1. The van der Waals surface area contributed by atoms with Gasteiger partial charge in [-0.05, 0) is 26.3 Å². The van der Waals surface area contributed by atoms with E-state index in [9.17, 15) is 4.79 Å². The van der Waals surface area contributed by atoms with E-state index < -0.39 is 0 Å². The molecule has 1 amide bonds. The van der Waals surface area contributed by atoms with Gasteiger partial charge in [-0.1, -0.05) is 35.9 Å². The highest BCUT2D eigenvalue weighted by Crippen LogP contribution is 2.27. The Kier molecular flexibility index (Phi) is 5.29.